The van der Waals surface area contributed by atoms with Crippen LogP contribution in [0.1, 0.15) is 18.9 Å². The molecule has 0 aromatic heterocycles. The maximum absolute atomic E-state index is 11.5. The number of ether oxygens (including phenoxy) is 1. The third-order valence-corrected chi connectivity index (χ3v) is 2.88. The van der Waals surface area contributed by atoms with Gasteiger partial charge in [0.15, 0.2) is 6.61 Å². The van der Waals surface area contributed by atoms with Crippen LogP contribution in [0.3, 0.4) is 0 Å². The lowest BCUT2D eigenvalue weighted by Crippen LogP contribution is -2.29. The number of nitrogens with one attached hydrogen (secondary N) is 2. The number of halogens is 1. The first-order chi connectivity index (χ1) is 9.69. The van der Waals surface area contributed by atoms with Gasteiger partial charge < -0.3 is 15.4 Å². The Morgan fingerprint density at radius 3 is 3.00 bits per heavy atom. The Balaban J connectivity index is 2.62. The molecular formula is C15H21ClN2O2. The van der Waals surface area contributed by atoms with Crippen LogP contribution in [0.5, 0.6) is 5.75 Å². The van der Waals surface area contributed by atoms with Crippen molar-refractivity contribution in [2.24, 2.45) is 0 Å². The second-order valence-corrected chi connectivity index (χ2v) is 4.69. The van der Waals surface area contributed by atoms with Crippen molar-refractivity contribution in [1.29, 1.82) is 0 Å². The van der Waals surface area contributed by atoms with Crippen molar-refractivity contribution in [2.45, 2.75) is 19.9 Å². The highest BCUT2D eigenvalue weighted by atomic mass is 35.5. The van der Waals surface area contributed by atoms with Crippen LogP contribution in [-0.2, 0) is 11.3 Å². The monoisotopic (exact) mass is 296 g/mol. The van der Waals surface area contributed by atoms with Gasteiger partial charge in [0.25, 0.3) is 5.91 Å². The second-order valence-electron chi connectivity index (χ2n) is 4.29. The molecule has 1 aromatic rings. The summed E-state index contributed by atoms with van der Waals surface area (Å²) in [5, 5.41) is 6.45. The summed E-state index contributed by atoms with van der Waals surface area (Å²) in [6, 6.07) is 5.56. The Hall–Kier alpha value is -1.52. The number of hydrogen-bond acceptors (Lipinski definition) is 3. The first-order valence-corrected chi connectivity index (χ1v) is 7.05. The van der Waals surface area contributed by atoms with E-state index in [-0.39, 0.29) is 12.5 Å². The number of para-hydroxylation sites is 1. The van der Waals surface area contributed by atoms with Gasteiger partial charge in [-0.25, -0.2) is 0 Å². The van der Waals surface area contributed by atoms with Crippen LogP contribution in [0, 0.1) is 0 Å². The van der Waals surface area contributed by atoms with Crippen LogP contribution in [0.4, 0.5) is 0 Å². The molecule has 0 heterocycles. The Bertz CT molecular complexity index is 449. The van der Waals surface area contributed by atoms with E-state index < -0.39 is 0 Å². The summed E-state index contributed by atoms with van der Waals surface area (Å²) < 4.78 is 5.54. The summed E-state index contributed by atoms with van der Waals surface area (Å²) in [6.45, 7) is 7.60. The summed E-state index contributed by atoms with van der Waals surface area (Å²) in [6.07, 6.45) is 2.67. The number of rotatable bonds is 9. The number of carbonyl (C=O) groups excluding carboxylic acids is 1. The Morgan fingerprint density at radius 1 is 1.50 bits per heavy atom. The highest BCUT2D eigenvalue weighted by Crippen LogP contribution is 2.28. The van der Waals surface area contributed by atoms with Gasteiger partial charge in [0.2, 0.25) is 0 Å². The third-order valence-electron chi connectivity index (χ3n) is 2.58. The minimum atomic E-state index is -0.197. The smallest absolute Gasteiger partial charge is 0.258 e. The molecule has 0 fully saturated rings. The molecule has 0 atom stereocenters. The molecule has 110 valence electrons. The van der Waals surface area contributed by atoms with Gasteiger partial charge in [-0.2, -0.15) is 0 Å². The first kappa shape index (κ1) is 16.5. The predicted molar refractivity (Wildman–Crippen MR) is 82.2 cm³/mol. The molecule has 1 aromatic carbocycles. The molecule has 0 aliphatic heterocycles. The zero-order valence-electron chi connectivity index (χ0n) is 11.7. The normalized spacial score (nSPS) is 10.1. The fourth-order valence-corrected chi connectivity index (χ4v) is 1.88. The van der Waals surface area contributed by atoms with E-state index in [2.05, 4.69) is 24.1 Å². The number of benzene rings is 1. The van der Waals surface area contributed by atoms with E-state index in [1.54, 1.807) is 12.1 Å². The molecule has 0 aliphatic carbocycles. The summed E-state index contributed by atoms with van der Waals surface area (Å²) in [4.78, 5) is 11.5. The number of carbonyl (C=O) groups is 1. The molecule has 0 spiro atoms. The van der Waals surface area contributed by atoms with Gasteiger partial charge in [-0.3, -0.25) is 4.79 Å². The summed E-state index contributed by atoms with van der Waals surface area (Å²) in [7, 11) is 0. The molecule has 5 heteroatoms. The summed E-state index contributed by atoms with van der Waals surface area (Å²) in [5.41, 5.74) is 0.947. The standard InChI is InChI=1S/C15H21ClN2O2/c1-3-8-17-10-12-6-5-7-13(16)15(12)20-11-14(19)18-9-4-2/h4-7,17H,2-3,8-11H2,1H3,(H,18,19). The number of amides is 1. The van der Waals surface area contributed by atoms with Gasteiger partial charge in [-0.15, -0.1) is 6.58 Å². The molecule has 1 rings (SSSR count). The molecule has 2 N–H and O–H groups in total. The highest BCUT2D eigenvalue weighted by molar-refractivity contribution is 6.32. The summed E-state index contributed by atoms with van der Waals surface area (Å²) >= 11 is 6.13. The minimum absolute atomic E-state index is 0.0572. The molecule has 20 heavy (non-hydrogen) atoms. The molecule has 4 nitrogen and oxygen atoms in total. The fourth-order valence-electron chi connectivity index (χ4n) is 1.63. The van der Waals surface area contributed by atoms with Crippen LogP contribution >= 0.6 is 11.6 Å². The molecule has 0 unspecified atom stereocenters. The van der Waals surface area contributed by atoms with Crippen molar-refractivity contribution in [3.8, 4) is 5.75 Å². The molecule has 0 saturated heterocycles. The van der Waals surface area contributed by atoms with E-state index in [1.165, 1.54) is 0 Å². The SMILES string of the molecule is C=CCNC(=O)COc1c(Cl)cccc1CNCCC. The summed E-state index contributed by atoms with van der Waals surface area (Å²) in [5.74, 6) is 0.365. The Labute approximate surface area is 125 Å². The Kier molecular flexibility index (Phi) is 7.77. The lowest BCUT2D eigenvalue weighted by atomic mass is 10.2. The second kappa shape index (κ2) is 9.39. The van der Waals surface area contributed by atoms with E-state index in [9.17, 15) is 4.79 Å². The van der Waals surface area contributed by atoms with Gasteiger partial charge in [0.05, 0.1) is 5.02 Å². The number of hydrogen-bond donors (Lipinski definition) is 2. The topological polar surface area (TPSA) is 50.4 Å². The van der Waals surface area contributed by atoms with E-state index in [0.717, 1.165) is 18.5 Å². The molecular weight excluding hydrogens is 276 g/mol. The Morgan fingerprint density at radius 2 is 2.30 bits per heavy atom. The maximum Gasteiger partial charge on any atom is 0.258 e. The van der Waals surface area contributed by atoms with Crippen LogP contribution in [0.15, 0.2) is 30.9 Å². The maximum atomic E-state index is 11.5. The molecule has 0 bridgehead atoms. The van der Waals surface area contributed by atoms with Gasteiger partial charge in [0, 0.05) is 18.7 Å². The van der Waals surface area contributed by atoms with Gasteiger partial charge in [0.1, 0.15) is 5.75 Å². The predicted octanol–water partition coefficient (Wildman–Crippen LogP) is 2.52. The zero-order valence-corrected chi connectivity index (χ0v) is 12.5. The van der Waals surface area contributed by atoms with E-state index in [0.29, 0.717) is 23.9 Å². The van der Waals surface area contributed by atoms with Crippen molar-refractivity contribution in [3.05, 3.63) is 41.4 Å². The van der Waals surface area contributed by atoms with Crippen molar-refractivity contribution in [1.82, 2.24) is 10.6 Å². The van der Waals surface area contributed by atoms with Gasteiger partial charge >= 0.3 is 0 Å². The lowest BCUT2D eigenvalue weighted by molar-refractivity contribution is -0.122. The van der Waals surface area contributed by atoms with Crippen molar-refractivity contribution < 1.29 is 9.53 Å². The minimum Gasteiger partial charge on any atom is -0.482 e. The average molecular weight is 297 g/mol. The highest BCUT2D eigenvalue weighted by Gasteiger charge is 2.10. The third kappa shape index (κ3) is 5.63. The van der Waals surface area contributed by atoms with Crippen LogP contribution in [-0.4, -0.2) is 25.6 Å². The quantitative estimate of drug-likeness (QED) is 0.544. The lowest BCUT2D eigenvalue weighted by Gasteiger charge is -2.13. The van der Waals surface area contributed by atoms with Crippen LogP contribution < -0.4 is 15.4 Å². The van der Waals surface area contributed by atoms with Gasteiger partial charge in [-0.1, -0.05) is 36.7 Å². The van der Waals surface area contributed by atoms with E-state index in [1.807, 2.05) is 12.1 Å². The van der Waals surface area contributed by atoms with Crippen LogP contribution in [0.2, 0.25) is 5.02 Å². The fraction of sp³-hybridized carbons (Fsp3) is 0.400. The van der Waals surface area contributed by atoms with E-state index >= 15 is 0 Å². The zero-order chi connectivity index (χ0) is 14.8. The molecule has 0 aliphatic rings. The van der Waals surface area contributed by atoms with Crippen molar-refractivity contribution in [2.75, 3.05) is 19.7 Å². The van der Waals surface area contributed by atoms with Crippen molar-refractivity contribution >= 4 is 17.5 Å². The average Bonchev–Trinajstić information content (AvgIpc) is 2.44. The molecule has 0 saturated carbocycles. The first-order valence-electron chi connectivity index (χ1n) is 6.67. The molecule has 1 amide bonds. The van der Waals surface area contributed by atoms with Gasteiger partial charge in [-0.05, 0) is 19.0 Å². The van der Waals surface area contributed by atoms with Crippen LogP contribution in [0.25, 0.3) is 0 Å². The largest absolute Gasteiger partial charge is 0.482 e. The van der Waals surface area contributed by atoms with Crippen molar-refractivity contribution in [3.63, 3.8) is 0 Å². The van der Waals surface area contributed by atoms with E-state index in [4.69, 9.17) is 16.3 Å². The molecule has 0 radical (unpaired) electrons.